The van der Waals surface area contributed by atoms with Crippen molar-refractivity contribution >= 4 is 11.8 Å². The highest BCUT2D eigenvalue weighted by molar-refractivity contribution is 6.07. The second-order valence-corrected chi connectivity index (χ2v) is 4.87. The summed E-state index contributed by atoms with van der Waals surface area (Å²) in [7, 11) is 0. The molecule has 1 atom stereocenters. The summed E-state index contributed by atoms with van der Waals surface area (Å²) < 4.78 is 32.4. The lowest BCUT2D eigenvalue weighted by Crippen LogP contribution is -2.18. The number of benzene rings is 1. The minimum atomic E-state index is -1.28. The highest BCUT2D eigenvalue weighted by atomic mass is 19.1. The summed E-state index contributed by atoms with van der Waals surface area (Å²) in [5.41, 5.74) is -0.214. The first-order valence-corrected chi connectivity index (χ1v) is 6.32. The molecule has 1 N–H and O–H groups in total. The molecule has 0 bridgehead atoms. The third-order valence-corrected chi connectivity index (χ3v) is 3.64. The molecule has 4 nitrogen and oxygen atoms in total. The summed E-state index contributed by atoms with van der Waals surface area (Å²) in [5.74, 6) is -3.43. The van der Waals surface area contributed by atoms with E-state index in [-0.39, 0.29) is 41.1 Å². The van der Waals surface area contributed by atoms with Gasteiger partial charge < -0.3 is 9.52 Å². The van der Waals surface area contributed by atoms with Crippen LogP contribution in [0.2, 0.25) is 0 Å². The van der Waals surface area contributed by atoms with E-state index in [0.717, 1.165) is 24.5 Å². The van der Waals surface area contributed by atoms with E-state index >= 15 is 0 Å². The van der Waals surface area contributed by atoms with Crippen LogP contribution in [-0.2, 0) is 0 Å². The first-order chi connectivity index (χ1) is 9.99. The highest BCUT2D eigenvalue weighted by Crippen LogP contribution is 2.40. The van der Waals surface area contributed by atoms with Crippen molar-refractivity contribution in [3.8, 4) is 0 Å². The van der Waals surface area contributed by atoms with Crippen molar-refractivity contribution in [2.45, 2.75) is 18.8 Å². The first kappa shape index (κ1) is 13.5. The number of furan rings is 1. The molecule has 0 saturated carbocycles. The predicted molar refractivity (Wildman–Crippen MR) is 67.4 cm³/mol. The Kier molecular flexibility index (Phi) is 3.08. The maximum absolute atomic E-state index is 13.9. The van der Waals surface area contributed by atoms with Crippen LogP contribution in [0.5, 0.6) is 0 Å². The van der Waals surface area contributed by atoms with Gasteiger partial charge in [0.15, 0.2) is 5.78 Å². The molecule has 1 aliphatic carbocycles. The van der Waals surface area contributed by atoms with Crippen molar-refractivity contribution in [3.05, 3.63) is 58.5 Å². The summed E-state index contributed by atoms with van der Waals surface area (Å²) in [5, 5.41) is 9.06. The van der Waals surface area contributed by atoms with Gasteiger partial charge in [0.25, 0.3) is 0 Å². The number of ketones is 1. The van der Waals surface area contributed by atoms with Crippen molar-refractivity contribution in [2.75, 3.05) is 0 Å². The van der Waals surface area contributed by atoms with Crippen LogP contribution in [0.15, 0.2) is 28.9 Å². The predicted octanol–water partition coefficient (Wildman–Crippen LogP) is 3.36. The summed E-state index contributed by atoms with van der Waals surface area (Å²) in [6.45, 7) is 0. The van der Waals surface area contributed by atoms with Gasteiger partial charge in [-0.3, -0.25) is 4.79 Å². The molecule has 6 heteroatoms. The van der Waals surface area contributed by atoms with Gasteiger partial charge in [-0.05, 0) is 24.6 Å². The van der Waals surface area contributed by atoms with Crippen molar-refractivity contribution in [2.24, 2.45) is 0 Å². The van der Waals surface area contributed by atoms with Crippen LogP contribution in [-0.4, -0.2) is 16.9 Å². The number of carboxylic acid groups (broad SMARTS) is 1. The molecular weight excluding hydrogens is 282 g/mol. The van der Waals surface area contributed by atoms with Gasteiger partial charge in [0.05, 0.1) is 5.56 Å². The van der Waals surface area contributed by atoms with E-state index in [9.17, 15) is 18.4 Å². The zero-order valence-electron chi connectivity index (χ0n) is 10.7. The Morgan fingerprint density at radius 1 is 1.33 bits per heavy atom. The van der Waals surface area contributed by atoms with E-state index < -0.39 is 23.5 Å². The average Bonchev–Trinajstić information content (AvgIpc) is 2.88. The third kappa shape index (κ3) is 2.12. The Hall–Kier alpha value is -2.50. The van der Waals surface area contributed by atoms with Gasteiger partial charge in [0, 0.05) is 17.9 Å². The fourth-order valence-electron chi connectivity index (χ4n) is 2.68. The van der Waals surface area contributed by atoms with E-state index in [2.05, 4.69) is 0 Å². The van der Waals surface area contributed by atoms with Crippen LogP contribution >= 0.6 is 0 Å². The Balaban J connectivity index is 2.16. The molecule has 1 heterocycles. The number of hydrogen-bond donors (Lipinski definition) is 1. The summed E-state index contributed by atoms with van der Waals surface area (Å²) in [6, 6.07) is 3.04. The summed E-state index contributed by atoms with van der Waals surface area (Å²) in [6.07, 6.45) is 1.28. The molecule has 3 rings (SSSR count). The summed E-state index contributed by atoms with van der Waals surface area (Å²) in [4.78, 5) is 23.0. The number of Topliss-reactive ketones (excluding diaryl/α,β-unsaturated/α-hetero) is 1. The minimum Gasteiger partial charge on any atom is -0.478 e. The fourth-order valence-corrected chi connectivity index (χ4v) is 2.68. The lowest BCUT2D eigenvalue weighted by atomic mass is 9.81. The SMILES string of the molecule is O=C(O)c1coc2c1C(=O)CCC2c1cc(F)ccc1F. The van der Waals surface area contributed by atoms with Crippen LogP contribution in [0.25, 0.3) is 0 Å². The molecule has 0 saturated heterocycles. The quantitative estimate of drug-likeness (QED) is 0.921. The smallest absolute Gasteiger partial charge is 0.339 e. The molecule has 1 aromatic carbocycles. The maximum Gasteiger partial charge on any atom is 0.339 e. The largest absolute Gasteiger partial charge is 0.478 e. The van der Waals surface area contributed by atoms with E-state index in [0.29, 0.717) is 0 Å². The lowest BCUT2D eigenvalue weighted by molar-refractivity contribution is 0.0691. The summed E-state index contributed by atoms with van der Waals surface area (Å²) >= 11 is 0. The van der Waals surface area contributed by atoms with E-state index in [1.165, 1.54) is 0 Å². The van der Waals surface area contributed by atoms with Crippen molar-refractivity contribution < 1.29 is 27.9 Å². The Morgan fingerprint density at radius 3 is 2.81 bits per heavy atom. The van der Waals surface area contributed by atoms with Gasteiger partial charge in [-0.15, -0.1) is 0 Å². The van der Waals surface area contributed by atoms with Gasteiger partial charge in [-0.25, -0.2) is 13.6 Å². The molecule has 1 unspecified atom stereocenters. The third-order valence-electron chi connectivity index (χ3n) is 3.64. The molecule has 1 aliphatic rings. The van der Waals surface area contributed by atoms with Gasteiger partial charge >= 0.3 is 5.97 Å². The number of hydrogen-bond acceptors (Lipinski definition) is 3. The standard InChI is InChI=1S/C15H10F2O4/c16-7-1-3-11(17)9(5-7)8-2-4-12(18)13-10(15(19)20)6-21-14(8)13/h1,3,5-6,8H,2,4H2,(H,19,20). The molecule has 21 heavy (non-hydrogen) atoms. The zero-order valence-corrected chi connectivity index (χ0v) is 10.7. The van der Waals surface area contributed by atoms with Gasteiger partial charge in [-0.2, -0.15) is 0 Å². The topological polar surface area (TPSA) is 67.5 Å². The fraction of sp³-hybridized carbons (Fsp3) is 0.200. The Labute approximate surface area is 118 Å². The van der Waals surface area contributed by atoms with Crippen LogP contribution in [0.1, 0.15) is 50.8 Å². The van der Waals surface area contributed by atoms with Crippen LogP contribution in [0.4, 0.5) is 8.78 Å². The van der Waals surface area contributed by atoms with Crippen molar-refractivity contribution in [1.82, 2.24) is 0 Å². The normalized spacial score (nSPS) is 17.6. The molecule has 108 valence electrons. The molecule has 2 aromatic rings. The highest BCUT2D eigenvalue weighted by Gasteiger charge is 2.35. The van der Waals surface area contributed by atoms with Crippen molar-refractivity contribution in [3.63, 3.8) is 0 Å². The Morgan fingerprint density at radius 2 is 2.10 bits per heavy atom. The lowest BCUT2D eigenvalue weighted by Gasteiger charge is -2.21. The second kappa shape index (κ2) is 4.80. The van der Waals surface area contributed by atoms with Crippen LogP contribution in [0.3, 0.4) is 0 Å². The number of carbonyl (C=O) groups excluding carboxylic acids is 1. The number of aromatic carboxylic acids is 1. The molecular formula is C15H10F2O4. The number of carboxylic acids is 1. The average molecular weight is 292 g/mol. The number of carbonyl (C=O) groups is 2. The molecule has 0 fully saturated rings. The molecule has 0 amide bonds. The molecule has 0 aliphatic heterocycles. The van der Waals surface area contributed by atoms with E-state index in [1.54, 1.807) is 0 Å². The van der Waals surface area contributed by atoms with E-state index in [1.807, 2.05) is 0 Å². The van der Waals surface area contributed by atoms with Gasteiger partial charge in [-0.1, -0.05) is 0 Å². The minimum absolute atomic E-state index is 0.0394. The maximum atomic E-state index is 13.9. The van der Waals surface area contributed by atoms with Crippen molar-refractivity contribution in [1.29, 1.82) is 0 Å². The van der Waals surface area contributed by atoms with E-state index in [4.69, 9.17) is 9.52 Å². The zero-order chi connectivity index (χ0) is 15.1. The molecule has 0 spiro atoms. The first-order valence-electron chi connectivity index (χ1n) is 6.32. The Bertz CT molecular complexity index is 748. The monoisotopic (exact) mass is 292 g/mol. The van der Waals surface area contributed by atoms with Crippen LogP contribution < -0.4 is 0 Å². The van der Waals surface area contributed by atoms with Crippen LogP contribution in [0, 0.1) is 11.6 Å². The van der Waals surface area contributed by atoms with Gasteiger partial charge in [0.2, 0.25) is 0 Å². The van der Waals surface area contributed by atoms with Gasteiger partial charge in [0.1, 0.15) is 29.2 Å². The number of fused-ring (bicyclic) bond motifs is 1. The molecule has 0 radical (unpaired) electrons. The molecule has 1 aromatic heterocycles. The number of halogens is 2. The second-order valence-electron chi connectivity index (χ2n) is 4.87. The number of rotatable bonds is 2.